The van der Waals surface area contributed by atoms with E-state index in [1.165, 1.54) is 7.11 Å². The van der Waals surface area contributed by atoms with Crippen molar-refractivity contribution in [3.63, 3.8) is 0 Å². The number of hydrogen-bond acceptors (Lipinski definition) is 5. The molecule has 4 atom stereocenters. The molecule has 2 N–H and O–H groups in total. The number of methoxy groups -OCH3 is 1. The summed E-state index contributed by atoms with van der Waals surface area (Å²) < 4.78 is 46.5. The second-order valence-electron chi connectivity index (χ2n) is 3.86. The van der Waals surface area contributed by atoms with Gasteiger partial charge in [-0.05, 0) is 0 Å². The molecular formula is C9H14F3NO5. The molecule has 6 nitrogen and oxygen atoms in total. The predicted molar refractivity (Wildman–Crippen MR) is 51.4 cm³/mol. The number of hydrogen-bond donors (Lipinski definition) is 2. The Morgan fingerprint density at radius 2 is 2.06 bits per heavy atom. The molecule has 18 heavy (non-hydrogen) atoms. The van der Waals surface area contributed by atoms with Crippen molar-refractivity contribution in [2.75, 3.05) is 20.8 Å². The summed E-state index contributed by atoms with van der Waals surface area (Å²) in [6, 6.07) is -1.32. The van der Waals surface area contributed by atoms with E-state index in [2.05, 4.69) is 0 Å². The maximum Gasteiger partial charge on any atom is 0.471 e. The van der Waals surface area contributed by atoms with E-state index in [0.29, 0.717) is 4.90 Å². The van der Waals surface area contributed by atoms with Gasteiger partial charge in [-0.15, -0.1) is 0 Å². The maximum absolute atomic E-state index is 12.3. The summed E-state index contributed by atoms with van der Waals surface area (Å²) in [6.07, 6.45) is -8.85. The second-order valence-corrected chi connectivity index (χ2v) is 3.86. The third-order valence-corrected chi connectivity index (χ3v) is 2.74. The first-order valence-corrected chi connectivity index (χ1v) is 5.05. The number of ether oxygens (including phenoxy) is 2. The minimum atomic E-state index is -5.06. The molecule has 0 aromatic rings. The minimum absolute atomic E-state index is 0.310. The van der Waals surface area contributed by atoms with Crippen LogP contribution in [0.2, 0.25) is 0 Å². The number of carbonyl (C=O) groups is 1. The van der Waals surface area contributed by atoms with Gasteiger partial charge in [-0.3, -0.25) is 4.79 Å². The SMILES string of the molecule is CO[C@H]1O[C@@H](CO)[C@H](N(C)C(=O)C(F)(F)F)[C@H]1O. The minimum Gasteiger partial charge on any atom is -0.394 e. The van der Waals surface area contributed by atoms with Crippen molar-refractivity contribution in [3.8, 4) is 0 Å². The first-order valence-electron chi connectivity index (χ1n) is 5.05. The molecule has 1 amide bonds. The van der Waals surface area contributed by atoms with Crippen LogP contribution < -0.4 is 0 Å². The van der Waals surface area contributed by atoms with Gasteiger partial charge >= 0.3 is 12.1 Å². The molecule has 1 saturated heterocycles. The van der Waals surface area contributed by atoms with E-state index in [4.69, 9.17) is 14.6 Å². The zero-order valence-corrected chi connectivity index (χ0v) is 9.72. The molecule has 1 heterocycles. The molecule has 106 valence electrons. The van der Waals surface area contributed by atoms with Gasteiger partial charge in [0.05, 0.1) is 12.6 Å². The van der Waals surface area contributed by atoms with E-state index >= 15 is 0 Å². The van der Waals surface area contributed by atoms with Gasteiger partial charge in [0.25, 0.3) is 0 Å². The fourth-order valence-corrected chi connectivity index (χ4v) is 1.87. The zero-order chi connectivity index (χ0) is 14.1. The van der Waals surface area contributed by atoms with Crippen molar-refractivity contribution in [1.29, 1.82) is 0 Å². The number of carbonyl (C=O) groups excluding carboxylic acids is 1. The van der Waals surface area contributed by atoms with E-state index < -0.39 is 43.2 Å². The highest BCUT2D eigenvalue weighted by atomic mass is 19.4. The van der Waals surface area contributed by atoms with Crippen LogP contribution in [0.1, 0.15) is 0 Å². The van der Waals surface area contributed by atoms with Gasteiger partial charge in [0.2, 0.25) is 0 Å². The number of likely N-dealkylation sites (N-methyl/N-ethyl adjacent to an activating group) is 1. The van der Waals surface area contributed by atoms with Crippen LogP contribution in [-0.2, 0) is 14.3 Å². The Balaban J connectivity index is 2.89. The number of rotatable bonds is 3. The zero-order valence-electron chi connectivity index (χ0n) is 9.72. The maximum atomic E-state index is 12.3. The van der Waals surface area contributed by atoms with E-state index in [1.807, 2.05) is 0 Å². The molecule has 1 fully saturated rings. The Hall–Kier alpha value is -0.900. The van der Waals surface area contributed by atoms with Crippen molar-refractivity contribution in [2.45, 2.75) is 30.7 Å². The molecule has 0 aliphatic carbocycles. The lowest BCUT2D eigenvalue weighted by Crippen LogP contribution is -2.53. The molecule has 0 unspecified atom stereocenters. The Morgan fingerprint density at radius 3 is 2.44 bits per heavy atom. The molecule has 0 spiro atoms. The number of amides is 1. The Bertz CT molecular complexity index is 309. The van der Waals surface area contributed by atoms with Gasteiger partial charge < -0.3 is 24.6 Å². The quantitative estimate of drug-likeness (QED) is 0.696. The van der Waals surface area contributed by atoms with Gasteiger partial charge in [0.1, 0.15) is 12.2 Å². The predicted octanol–water partition coefficient (Wildman–Crippen LogP) is -0.900. The average molecular weight is 273 g/mol. The lowest BCUT2D eigenvalue weighted by molar-refractivity contribution is -0.188. The highest BCUT2D eigenvalue weighted by molar-refractivity contribution is 5.82. The van der Waals surface area contributed by atoms with Gasteiger partial charge in [0.15, 0.2) is 6.29 Å². The lowest BCUT2D eigenvalue weighted by Gasteiger charge is -2.29. The second kappa shape index (κ2) is 5.39. The van der Waals surface area contributed by atoms with Crippen molar-refractivity contribution >= 4 is 5.91 Å². The highest BCUT2D eigenvalue weighted by Crippen LogP contribution is 2.28. The molecule has 1 aliphatic rings. The van der Waals surface area contributed by atoms with Gasteiger partial charge in [-0.2, -0.15) is 13.2 Å². The molecule has 0 saturated carbocycles. The van der Waals surface area contributed by atoms with Crippen molar-refractivity contribution in [1.82, 2.24) is 4.90 Å². The van der Waals surface area contributed by atoms with Crippen LogP contribution in [0.25, 0.3) is 0 Å². The van der Waals surface area contributed by atoms with Crippen LogP contribution >= 0.6 is 0 Å². The standard InChI is InChI=1S/C9H14F3NO5/c1-13(8(16)9(10,11)12)5-4(3-14)18-7(17-2)6(5)15/h4-7,14-15H,3H2,1-2H3/t4-,5-,6+,7-/m0/s1. The Morgan fingerprint density at radius 1 is 1.50 bits per heavy atom. The summed E-state index contributed by atoms with van der Waals surface area (Å²) in [6.45, 7) is -0.642. The molecule has 1 rings (SSSR count). The molecular weight excluding hydrogens is 259 g/mol. The largest absolute Gasteiger partial charge is 0.471 e. The van der Waals surface area contributed by atoms with Gasteiger partial charge in [-0.1, -0.05) is 0 Å². The van der Waals surface area contributed by atoms with Crippen LogP contribution in [0.4, 0.5) is 13.2 Å². The monoisotopic (exact) mass is 273 g/mol. The Labute approximate surface area is 101 Å². The van der Waals surface area contributed by atoms with E-state index in [9.17, 15) is 23.1 Å². The lowest BCUT2D eigenvalue weighted by atomic mass is 10.1. The van der Waals surface area contributed by atoms with Crippen molar-refractivity contribution in [3.05, 3.63) is 0 Å². The summed E-state index contributed by atoms with van der Waals surface area (Å²) in [5.41, 5.74) is 0. The molecule has 0 aromatic carbocycles. The van der Waals surface area contributed by atoms with E-state index in [1.54, 1.807) is 0 Å². The van der Waals surface area contributed by atoms with E-state index in [-0.39, 0.29) is 0 Å². The third kappa shape index (κ3) is 2.74. The third-order valence-electron chi connectivity index (χ3n) is 2.74. The number of aliphatic hydroxyl groups is 2. The smallest absolute Gasteiger partial charge is 0.394 e. The van der Waals surface area contributed by atoms with Crippen LogP contribution in [0.5, 0.6) is 0 Å². The topological polar surface area (TPSA) is 79.2 Å². The van der Waals surface area contributed by atoms with Crippen LogP contribution in [0, 0.1) is 0 Å². The van der Waals surface area contributed by atoms with E-state index in [0.717, 1.165) is 7.05 Å². The number of aliphatic hydroxyl groups excluding tert-OH is 2. The number of halogens is 3. The summed E-state index contributed by atoms with van der Waals surface area (Å²) in [5, 5.41) is 18.7. The molecule has 0 aromatic heterocycles. The Kier molecular flexibility index (Phi) is 4.54. The van der Waals surface area contributed by atoms with Crippen LogP contribution in [0.3, 0.4) is 0 Å². The summed E-state index contributed by atoms with van der Waals surface area (Å²) in [7, 11) is 2.07. The fourth-order valence-electron chi connectivity index (χ4n) is 1.87. The van der Waals surface area contributed by atoms with Crippen LogP contribution in [0.15, 0.2) is 0 Å². The average Bonchev–Trinajstić information content (AvgIpc) is 2.62. The highest BCUT2D eigenvalue weighted by Gasteiger charge is 2.51. The molecule has 0 bridgehead atoms. The first-order chi connectivity index (χ1) is 8.23. The van der Waals surface area contributed by atoms with Crippen molar-refractivity contribution in [2.24, 2.45) is 0 Å². The summed E-state index contributed by atoms with van der Waals surface area (Å²) >= 11 is 0. The van der Waals surface area contributed by atoms with Crippen LogP contribution in [-0.4, -0.2) is 72.5 Å². The number of nitrogens with zero attached hydrogens (tertiary/aromatic N) is 1. The van der Waals surface area contributed by atoms with Crippen molar-refractivity contribution < 1.29 is 37.7 Å². The molecule has 1 aliphatic heterocycles. The molecule has 9 heteroatoms. The number of alkyl halides is 3. The normalized spacial score (nSPS) is 32.6. The summed E-state index contributed by atoms with van der Waals surface area (Å²) in [4.78, 5) is 11.4. The summed E-state index contributed by atoms with van der Waals surface area (Å²) in [5.74, 6) is -2.12. The fraction of sp³-hybridized carbons (Fsp3) is 0.889. The molecule has 0 radical (unpaired) electrons. The van der Waals surface area contributed by atoms with Gasteiger partial charge in [0, 0.05) is 14.2 Å². The van der Waals surface area contributed by atoms with Gasteiger partial charge in [-0.25, -0.2) is 0 Å². The first kappa shape index (κ1) is 15.2.